The molecule has 7 nitrogen and oxygen atoms in total. The predicted octanol–water partition coefficient (Wildman–Crippen LogP) is 2.93. The third kappa shape index (κ3) is 3.66. The Morgan fingerprint density at radius 3 is 2.43 bits per heavy atom. The number of nitrogens with two attached hydrogens (primary N) is 1. The lowest BCUT2D eigenvalue weighted by molar-refractivity contribution is -0.130. The highest BCUT2D eigenvalue weighted by Crippen LogP contribution is 2.28. The number of aromatic nitrogens is 2. The molecular weight excluding hydrogens is 380 g/mol. The Morgan fingerprint density at radius 1 is 1.03 bits per heavy atom. The van der Waals surface area contributed by atoms with Gasteiger partial charge in [0.1, 0.15) is 5.65 Å². The van der Waals surface area contributed by atoms with Crippen LogP contribution in [0.15, 0.2) is 79.1 Å². The maximum atomic E-state index is 12.5. The normalized spacial score (nSPS) is 11.9. The average Bonchev–Trinajstić information content (AvgIpc) is 3.21. The number of hydrogen-bond donors (Lipinski definition) is 3. The first-order chi connectivity index (χ1) is 14.6. The summed E-state index contributed by atoms with van der Waals surface area (Å²) in [5, 5.41) is 9.29. The van der Waals surface area contributed by atoms with E-state index >= 15 is 0 Å². The molecule has 4 N–H and O–H groups in total. The van der Waals surface area contributed by atoms with Crippen molar-refractivity contribution in [3.63, 3.8) is 0 Å². The highest BCUT2D eigenvalue weighted by molar-refractivity contribution is 5.93. The van der Waals surface area contributed by atoms with Crippen LogP contribution in [0, 0.1) is 0 Å². The summed E-state index contributed by atoms with van der Waals surface area (Å²) in [4.78, 5) is 28.3. The molecule has 0 fully saturated rings. The van der Waals surface area contributed by atoms with Crippen molar-refractivity contribution in [2.24, 2.45) is 5.73 Å². The fourth-order valence-electron chi connectivity index (χ4n) is 3.59. The Balaban J connectivity index is 1.77. The zero-order chi connectivity index (χ0) is 21.1. The number of hydrogen-bond acceptors (Lipinski definition) is 4. The summed E-state index contributed by atoms with van der Waals surface area (Å²) in [6.45, 7) is 0. The fraction of sp³-hybridized carbons (Fsp3) is 0.0870. The maximum Gasteiger partial charge on any atom is 0.252 e. The van der Waals surface area contributed by atoms with Gasteiger partial charge in [-0.05, 0) is 41.8 Å². The Hall–Kier alpha value is -3.97. The molecule has 0 bridgehead atoms. The second-order valence-electron chi connectivity index (χ2n) is 6.96. The van der Waals surface area contributed by atoms with Gasteiger partial charge in [0.2, 0.25) is 5.91 Å². The largest absolute Gasteiger partial charge is 0.366 e. The molecule has 30 heavy (non-hydrogen) atoms. The van der Waals surface area contributed by atoms with Crippen molar-refractivity contribution in [2.45, 2.75) is 12.3 Å². The smallest absolute Gasteiger partial charge is 0.252 e. The van der Waals surface area contributed by atoms with Gasteiger partial charge in [0.25, 0.3) is 5.91 Å². The van der Waals surface area contributed by atoms with E-state index in [-0.39, 0.29) is 0 Å². The van der Waals surface area contributed by atoms with Crippen molar-refractivity contribution in [3.05, 3.63) is 95.9 Å². The predicted molar refractivity (Wildman–Crippen MR) is 112 cm³/mol. The van der Waals surface area contributed by atoms with E-state index in [0.717, 1.165) is 16.7 Å². The number of rotatable bonds is 6. The molecule has 7 heteroatoms. The highest BCUT2D eigenvalue weighted by Gasteiger charge is 2.25. The van der Waals surface area contributed by atoms with Crippen molar-refractivity contribution < 1.29 is 14.8 Å². The van der Waals surface area contributed by atoms with E-state index in [4.69, 9.17) is 5.73 Å². The topological polar surface area (TPSA) is 110 Å². The number of carbonyl (C=O) groups excluding carboxylic acids is 2. The molecule has 2 amide bonds. The van der Waals surface area contributed by atoms with Gasteiger partial charge in [0, 0.05) is 17.3 Å². The second-order valence-corrected chi connectivity index (χ2v) is 6.96. The minimum atomic E-state index is -0.625. The summed E-state index contributed by atoms with van der Waals surface area (Å²) in [6, 6.07) is 20.4. The molecule has 0 aliphatic heterocycles. The Morgan fingerprint density at radius 2 is 1.77 bits per heavy atom. The van der Waals surface area contributed by atoms with E-state index in [0.29, 0.717) is 23.3 Å². The standard InChI is InChI=1S/C23H20N4O3/c24-21(28)17-10-8-16(9-11-17)18-7-4-12-27-20(14-25-22(18)27)19(23(29)26-30)13-15-5-2-1-3-6-15/h1-12,14,19,30H,13H2,(H2,24,28)(H,26,29). The van der Waals surface area contributed by atoms with E-state index in [1.165, 1.54) is 0 Å². The van der Waals surface area contributed by atoms with Crippen LogP contribution in [0.25, 0.3) is 16.8 Å². The molecule has 0 aliphatic carbocycles. The molecule has 2 aromatic carbocycles. The number of fused-ring (bicyclic) bond motifs is 1. The van der Waals surface area contributed by atoms with Crippen molar-refractivity contribution in [2.75, 3.05) is 0 Å². The van der Waals surface area contributed by atoms with Crippen molar-refractivity contribution in [1.29, 1.82) is 0 Å². The van der Waals surface area contributed by atoms with Gasteiger partial charge in [-0.25, -0.2) is 10.5 Å². The number of nitrogens with one attached hydrogen (secondary N) is 1. The highest BCUT2D eigenvalue weighted by atomic mass is 16.5. The molecule has 2 aromatic heterocycles. The van der Waals surface area contributed by atoms with E-state index < -0.39 is 17.7 Å². The van der Waals surface area contributed by atoms with Gasteiger partial charge < -0.3 is 10.1 Å². The fourth-order valence-corrected chi connectivity index (χ4v) is 3.59. The first-order valence-electron chi connectivity index (χ1n) is 9.42. The molecule has 0 saturated heterocycles. The first-order valence-corrected chi connectivity index (χ1v) is 9.42. The Labute approximate surface area is 172 Å². The van der Waals surface area contributed by atoms with Crippen LogP contribution in [-0.2, 0) is 11.2 Å². The number of hydroxylamine groups is 1. The van der Waals surface area contributed by atoms with Crippen molar-refractivity contribution in [1.82, 2.24) is 14.9 Å². The lowest BCUT2D eigenvalue weighted by Crippen LogP contribution is -2.28. The van der Waals surface area contributed by atoms with Crippen LogP contribution in [0.5, 0.6) is 0 Å². The van der Waals surface area contributed by atoms with E-state index in [1.54, 1.807) is 23.8 Å². The molecule has 4 rings (SSSR count). The summed E-state index contributed by atoms with van der Waals surface area (Å²) in [6.07, 6.45) is 3.90. The average molecular weight is 400 g/mol. The number of carbonyl (C=O) groups is 2. The quantitative estimate of drug-likeness (QED) is 0.341. The Bertz CT molecular complexity index is 1200. The monoisotopic (exact) mass is 400 g/mol. The van der Waals surface area contributed by atoms with Gasteiger partial charge in [0.05, 0.1) is 17.8 Å². The zero-order valence-corrected chi connectivity index (χ0v) is 16.0. The van der Waals surface area contributed by atoms with Crippen LogP contribution in [0.2, 0.25) is 0 Å². The molecule has 2 heterocycles. The summed E-state index contributed by atoms with van der Waals surface area (Å²) in [7, 11) is 0. The summed E-state index contributed by atoms with van der Waals surface area (Å²) in [5.74, 6) is -1.61. The number of nitrogens with zero attached hydrogens (tertiary/aromatic N) is 2. The molecule has 0 spiro atoms. The third-order valence-electron chi connectivity index (χ3n) is 5.11. The first kappa shape index (κ1) is 19.4. The Kier molecular flexibility index (Phi) is 5.28. The van der Waals surface area contributed by atoms with Crippen LogP contribution < -0.4 is 11.2 Å². The van der Waals surface area contributed by atoms with Crippen molar-refractivity contribution in [3.8, 4) is 11.1 Å². The molecule has 0 saturated carbocycles. The van der Waals surface area contributed by atoms with Gasteiger partial charge in [0.15, 0.2) is 0 Å². The maximum absolute atomic E-state index is 12.5. The molecule has 0 radical (unpaired) electrons. The van der Waals surface area contributed by atoms with Gasteiger partial charge in [-0.15, -0.1) is 0 Å². The van der Waals surface area contributed by atoms with Crippen LogP contribution in [0.1, 0.15) is 27.5 Å². The molecular formula is C23H20N4O3. The number of primary amides is 1. The van der Waals surface area contributed by atoms with Gasteiger partial charge in [-0.1, -0.05) is 42.5 Å². The van der Waals surface area contributed by atoms with Crippen molar-refractivity contribution >= 4 is 17.5 Å². The number of amides is 2. The molecule has 0 aliphatic rings. The van der Waals surface area contributed by atoms with Gasteiger partial charge >= 0.3 is 0 Å². The van der Waals surface area contributed by atoms with E-state index in [2.05, 4.69) is 4.98 Å². The number of pyridine rings is 1. The van der Waals surface area contributed by atoms with Gasteiger partial charge in [-0.2, -0.15) is 0 Å². The van der Waals surface area contributed by atoms with Gasteiger partial charge in [-0.3, -0.25) is 14.8 Å². The van der Waals surface area contributed by atoms with Crippen LogP contribution in [-0.4, -0.2) is 26.4 Å². The van der Waals surface area contributed by atoms with Crippen LogP contribution >= 0.6 is 0 Å². The summed E-state index contributed by atoms with van der Waals surface area (Å²) >= 11 is 0. The van der Waals surface area contributed by atoms with E-state index in [9.17, 15) is 14.8 Å². The lowest BCUT2D eigenvalue weighted by Gasteiger charge is -2.15. The zero-order valence-electron chi connectivity index (χ0n) is 16.0. The SMILES string of the molecule is NC(=O)c1ccc(-c2cccn3c(C(Cc4ccccc4)C(=O)NO)cnc23)cc1. The second kappa shape index (κ2) is 8.18. The molecule has 1 atom stereocenters. The number of benzene rings is 2. The minimum absolute atomic E-state index is 0.415. The lowest BCUT2D eigenvalue weighted by atomic mass is 9.95. The van der Waals surface area contributed by atoms with Crippen LogP contribution in [0.4, 0.5) is 0 Å². The molecule has 1 unspecified atom stereocenters. The number of imidazole rings is 1. The van der Waals surface area contributed by atoms with Crippen LogP contribution in [0.3, 0.4) is 0 Å². The molecule has 4 aromatic rings. The summed E-state index contributed by atoms with van der Waals surface area (Å²) in [5.41, 5.74) is 11.5. The third-order valence-corrected chi connectivity index (χ3v) is 5.11. The summed E-state index contributed by atoms with van der Waals surface area (Å²) < 4.78 is 1.85. The molecule has 150 valence electrons. The van der Waals surface area contributed by atoms with E-state index in [1.807, 2.05) is 65.2 Å². The minimum Gasteiger partial charge on any atom is -0.366 e.